The summed E-state index contributed by atoms with van der Waals surface area (Å²) in [5.41, 5.74) is 6.38. The number of hydrogen-bond donors (Lipinski definition) is 0. The van der Waals surface area contributed by atoms with Crippen LogP contribution in [0, 0.1) is 26.7 Å². The Morgan fingerprint density at radius 1 is 1.19 bits per heavy atom. The average molecular weight is 383 g/mol. The van der Waals surface area contributed by atoms with E-state index in [9.17, 15) is 0 Å². The number of aryl methyl sites for hydroxylation is 3. The van der Waals surface area contributed by atoms with E-state index in [1.807, 2.05) is 16.6 Å². The minimum absolute atomic E-state index is 0.758. The van der Waals surface area contributed by atoms with Crippen LogP contribution in [0.25, 0.3) is 16.8 Å². The van der Waals surface area contributed by atoms with Gasteiger partial charge >= 0.3 is 0 Å². The Kier molecular flexibility index (Phi) is 4.85. The Bertz CT molecular complexity index is 988. The molecule has 1 aliphatic carbocycles. The van der Waals surface area contributed by atoms with E-state index in [1.54, 1.807) is 0 Å². The Morgan fingerprint density at radius 3 is 2.63 bits per heavy atom. The zero-order chi connectivity index (χ0) is 19.1. The first kappa shape index (κ1) is 18.3. The predicted molar refractivity (Wildman–Crippen MR) is 113 cm³/mol. The summed E-state index contributed by atoms with van der Waals surface area (Å²) in [4.78, 5) is 7.37. The van der Waals surface area contributed by atoms with Gasteiger partial charge in [0, 0.05) is 35.4 Å². The molecule has 0 radical (unpaired) electrons. The summed E-state index contributed by atoms with van der Waals surface area (Å²) in [6.07, 6.45) is 3.82. The molecule has 4 nitrogen and oxygen atoms in total. The van der Waals surface area contributed by atoms with E-state index in [2.05, 4.69) is 44.7 Å². The fourth-order valence-corrected chi connectivity index (χ4v) is 4.08. The summed E-state index contributed by atoms with van der Waals surface area (Å²) in [5.74, 6) is 1.99. The van der Waals surface area contributed by atoms with Gasteiger partial charge in [0.25, 0.3) is 0 Å². The second-order valence-corrected chi connectivity index (χ2v) is 8.24. The van der Waals surface area contributed by atoms with Crippen LogP contribution in [0.3, 0.4) is 0 Å². The molecule has 27 heavy (non-hydrogen) atoms. The van der Waals surface area contributed by atoms with Crippen LogP contribution in [0.1, 0.15) is 43.1 Å². The topological polar surface area (TPSA) is 33.4 Å². The van der Waals surface area contributed by atoms with Gasteiger partial charge in [0.05, 0.1) is 5.69 Å². The number of benzene rings is 1. The Labute approximate surface area is 166 Å². The van der Waals surface area contributed by atoms with Crippen molar-refractivity contribution in [2.24, 2.45) is 5.92 Å². The van der Waals surface area contributed by atoms with E-state index in [-0.39, 0.29) is 0 Å². The molecule has 4 rings (SSSR count). The van der Waals surface area contributed by atoms with Gasteiger partial charge in [-0.1, -0.05) is 24.6 Å². The number of anilines is 1. The molecule has 1 saturated carbocycles. The first-order valence-corrected chi connectivity index (χ1v) is 10.2. The third-order valence-electron chi connectivity index (χ3n) is 5.32. The molecule has 1 fully saturated rings. The lowest BCUT2D eigenvalue weighted by atomic mass is 10.0. The SMILES string of the molecule is CCCN(CC1CC1)c1cc(C)nc2c(-c3ccc(Cl)cc3C)c(C)nn12. The zero-order valence-electron chi connectivity index (χ0n) is 16.6. The normalized spacial score (nSPS) is 14.1. The van der Waals surface area contributed by atoms with Crippen molar-refractivity contribution in [1.29, 1.82) is 0 Å². The first-order valence-electron chi connectivity index (χ1n) is 9.86. The third kappa shape index (κ3) is 3.55. The van der Waals surface area contributed by atoms with Gasteiger partial charge in [-0.3, -0.25) is 0 Å². The van der Waals surface area contributed by atoms with E-state index < -0.39 is 0 Å². The van der Waals surface area contributed by atoms with Crippen LogP contribution in [-0.2, 0) is 0 Å². The van der Waals surface area contributed by atoms with Crippen LogP contribution in [0.5, 0.6) is 0 Å². The minimum Gasteiger partial charge on any atom is -0.356 e. The molecule has 0 atom stereocenters. The van der Waals surface area contributed by atoms with Crippen molar-refractivity contribution >= 4 is 23.1 Å². The first-order chi connectivity index (χ1) is 13.0. The molecule has 0 aliphatic heterocycles. The molecule has 0 N–H and O–H groups in total. The number of fused-ring (bicyclic) bond motifs is 1. The van der Waals surface area contributed by atoms with Crippen molar-refractivity contribution in [2.75, 3.05) is 18.0 Å². The second kappa shape index (κ2) is 7.16. The molecule has 0 unspecified atom stereocenters. The molecular formula is C22H27ClN4. The maximum atomic E-state index is 6.17. The lowest BCUT2D eigenvalue weighted by molar-refractivity contribution is 0.683. The fraction of sp³-hybridized carbons (Fsp3) is 0.455. The second-order valence-electron chi connectivity index (χ2n) is 7.80. The Morgan fingerprint density at radius 2 is 1.96 bits per heavy atom. The largest absolute Gasteiger partial charge is 0.356 e. The molecule has 142 valence electrons. The highest BCUT2D eigenvalue weighted by Crippen LogP contribution is 2.35. The third-order valence-corrected chi connectivity index (χ3v) is 5.56. The lowest BCUT2D eigenvalue weighted by Gasteiger charge is -2.25. The van der Waals surface area contributed by atoms with E-state index >= 15 is 0 Å². The zero-order valence-corrected chi connectivity index (χ0v) is 17.3. The van der Waals surface area contributed by atoms with E-state index in [4.69, 9.17) is 21.7 Å². The summed E-state index contributed by atoms with van der Waals surface area (Å²) in [7, 11) is 0. The van der Waals surface area contributed by atoms with Gasteiger partial charge in [0.15, 0.2) is 5.65 Å². The van der Waals surface area contributed by atoms with Crippen LogP contribution >= 0.6 is 11.6 Å². The van der Waals surface area contributed by atoms with Gasteiger partial charge in [-0.05, 0) is 69.2 Å². The quantitative estimate of drug-likeness (QED) is 0.556. The number of halogens is 1. The van der Waals surface area contributed by atoms with E-state index in [1.165, 1.54) is 12.8 Å². The molecule has 1 aliphatic rings. The molecule has 0 spiro atoms. The fourth-order valence-electron chi connectivity index (χ4n) is 3.85. The Balaban J connectivity index is 1.90. The van der Waals surface area contributed by atoms with E-state index in [0.717, 1.165) is 70.0 Å². The summed E-state index contributed by atoms with van der Waals surface area (Å²) >= 11 is 6.17. The van der Waals surface area contributed by atoms with E-state index in [0.29, 0.717) is 0 Å². The van der Waals surface area contributed by atoms with Gasteiger partial charge in [-0.15, -0.1) is 0 Å². The highest BCUT2D eigenvalue weighted by molar-refractivity contribution is 6.30. The highest BCUT2D eigenvalue weighted by atomic mass is 35.5. The lowest BCUT2D eigenvalue weighted by Crippen LogP contribution is -2.29. The molecule has 3 aromatic rings. The Hall–Kier alpha value is -2.07. The van der Waals surface area contributed by atoms with Gasteiger partial charge in [0.2, 0.25) is 0 Å². The number of rotatable bonds is 6. The smallest absolute Gasteiger partial charge is 0.165 e. The van der Waals surface area contributed by atoms with Crippen LogP contribution in [0.2, 0.25) is 5.02 Å². The predicted octanol–water partition coefficient (Wildman–Crippen LogP) is 5.60. The molecule has 0 bridgehead atoms. The van der Waals surface area contributed by atoms with Crippen molar-refractivity contribution in [2.45, 2.75) is 47.0 Å². The average Bonchev–Trinajstić information content (AvgIpc) is 3.37. The maximum absolute atomic E-state index is 6.17. The summed E-state index contributed by atoms with van der Waals surface area (Å²) in [6, 6.07) is 8.21. The van der Waals surface area contributed by atoms with Gasteiger partial charge in [0.1, 0.15) is 5.82 Å². The number of nitrogens with zero attached hydrogens (tertiary/aromatic N) is 4. The molecule has 5 heteroatoms. The van der Waals surface area contributed by atoms with Crippen LogP contribution < -0.4 is 4.90 Å². The monoisotopic (exact) mass is 382 g/mol. The standard InChI is InChI=1S/C22H27ClN4/c1-5-10-26(13-17-6-7-17)20-12-15(3)24-22-21(16(4)25-27(20)22)19-9-8-18(23)11-14(19)2/h8-9,11-12,17H,5-7,10,13H2,1-4H3. The van der Waals surface area contributed by atoms with Gasteiger partial charge in [-0.2, -0.15) is 9.61 Å². The highest BCUT2D eigenvalue weighted by Gasteiger charge is 2.26. The van der Waals surface area contributed by atoms with Crippen molar-refractivity contribution < 1.29 is 0 Å². The van der Waals surface area contributed by atoms with Gasteiger partial charge < -0.3 is 4.90 Å². The minimum atomic E-state index is 0.758. The van der Waals surface area contributed by atoms with Crippen LogP contribution in [0.15, 0.2) is 24.3 Å². The van der Waals surface area contributed by atoms with Crippen LogP contribution in [-0.4, -0.2) is 27.7 Å². The van der Waals surface area contributed by atoms with Crippen LogP contribution in [0.4, 0.5) is 5.82 Å². The van der Waals surface area contributed by atoms with Crippen molar-refractivity contribution in [3.8, 4) is 11.1 Å². The van der Waals surface area contributed by atoms with Gasteiger partial charge in [-0.25, -0.2) is 4.98 Å². The molecule has 2 heterocycles. The summed E-state index contributed by atoms with van der Waals surface area (Å²) < 4.78 is 2.05. The van der Waals surface area contributed by atoms with Crippen molar-refractivity contribution in [1.82, 2.24) is 14.6 Å². The molecule has 0 amide bonds. The van der Waals surface area contributed by atoms with Crippen molar-refractivity contribution in [3.05, 3.63) is 46.2 Å². The molecular weight excluding hydrogens is 356 g/mol. The van der Waals surface area contributed by atoms with Crippen molar-refractivity contribution in [3.63, 3.8) is 0 Å². The molecule has 0 saturated heterocycles. The number of hydrogen-bond acceptors (Lipinski definition) is 3. The number of aromatic nitrogens is 3. The molecule has 2 aromatic heterocycles. The summed E-state index contributed by atoms with van der Waals surface area (Å²) in [6.45, 7) is 10.6. The maximum Gasteiger partial charge on any atom is 0.165 e. The summed E-state index contributed by atoms with van der Waals surface area (Å²) in [5, 5.41) is 5.66. The molecule has 1 aromatic carbocycles.